The van der Waals surface area contributed by atoms with E-state index in [0.717, 1.165) is 37.3 Å². The van der Waals surface area contributed by atoms with Crippen LogP contribution in [0.2, 0.25) is 0 Å². The summed E-state index contributed by atoms with van der Waals surface area (Å²) in [5.74, 6) is 0.0749. The summed E-state index contributed by atoms with van der Waals surface area (Å²) in [6.45, 7) is 10.4. The number of nitrogens with zero attached hydrogens (tertiary/aromatic N) is 4. The van der Waals surface area contributed by atoms with Crippen LogP contribution in [0.15, 0.2) is 48.8 Å². The van der Waals surface area contributed by atoms with Crippen molar-refractivity contribution in [2.45, 2.75) is 39.3 Å². The van der Waals surface area contributed by atoms with Crippen molar-refractivity contribution in [3.8, 4) is 0 Å². The molecule has 2 aromatic rings. The Morgan fingerprint density at radius 3 is 2.30 bits per heavy atom. The molecule has 0 radical (unpaired) electrons. The largest absolute Gasteiger partial charge is 0.369 e. The highest BCUT2D eigenvalue weighted by Gasteiger charge is 2.28. The normalized spacial score (nSPS) is 17.9. The van der Waals surface area contributed by atoms with Gasteiger partial charge in [-0.2, -0.15) is 0 Å². The van der Waals surface area contributed by atoms with Gasteiger partial charge in [0.1, 0.15) is 0 Å². The minimum absolute atomic E-state index is 0.0439. The molecule has 33 heavy (non-hydrogen) atoms. The fourth-order valence-corrected chi connectivity index (χ4v) is 4.67. The van der Waals surface area contributed by atoms with Crippen LogP contribution < -0.4 is 10.2 Å². The lowest BCUT2D eigenvalue weighted by molar-refractivity contribution is -0.126. The number of piperazine rings is 1. The first-order valence-corrected chi connectivity index (χ1v) is 12.1. The molecule has 0 bridgehead atoms. The van der Waals surface area contributed by atoms with E-state index < -0.39 is 0 Å². The van der Waals surface area contributed by atoms with E-state index in [1.54, 1.807) is 12.4 Å². The van der Waals surface area contributed by atoms with Crippen LogP contribution in [0.5, 0.6) is 0 Å². The first-order valence-electron chi connectivity index (χ1n) is 12.1. The van der Waals surface area contributed by atoms with E-state index in [1.807, 2.05) is 29.2 Å². The summed E-state index contributed by atoms with van der Waals surface area (Å²) in [4.78, 5) is 36.4. The maximum Gasteiger partial charge on any atom is 0.253 e. The third-order valence-electron chi connectivity index (χ3n) is 6.87. The van der Waals surface area contributed by atoms with Gasteiger partial charge in [-0.25, -0.2) is 0 Å². The van der Waals surface area contributed by atoms with E-state index in [4.69, 9.17) is 0 Å². The Hall–Kier alpha value is -2.93. The SMILES string of the molecule is CC(C)N1CCN(c2ccc(C(=O)N3CCC(C(=O)NCc4cccnc4)CC3)cc2)CC1. The number of hydrogen-bond acceptors (Lipinski definition) is 5. The maximum absolute atomic E-state index is 13.0. The predicted octanol–water partition coefficient (Wildman–Crippen LogP) is 2.78. The number of rotatable bonds is 6. The highest BCUT2D eigenvalue weighted by Crippen LogP contribution is 2.22. The number of nitrogens with one attached hydrogen (secondary N) is 1. The van der Waals surface area contributed by atoms with E-state index in [2.05, 4.69) is 46.1 Å². The molecule has 1 aromatic carbocycles. The van der Waals surface area contributed by atoms with Gasteiger partial charge in [0.05, 0.1) is 0 Å². The molecule has 2 aliphatic heterocycles. The summed E-state index contributed by atoms with van der Waals surface area (Å²) in [5.41, 5.74) is 2.89. The average Bonchev–Trinajstić information content (AvgIpc) is 2.87. The molecule has 176 valence electrons. The van der Waals surface area contributed by atoms with Crippen molar-refractivity contribution in [3.05, 3.63) is 59.9 Å². The molecule has 3 heterocycles. The second-order valence-corrected chi connectivity index (χ2v) is 9.31. The summed E-state index contributed by atoms with van der Waals surface area (Å²) < 4.78 is 0. The van der Waals surface area contributed by atoms with Gasteiger partial charge in [0.25, 0.3) is 5.91 Å². The van der Waals surface area contributed by atoms with E-state index >= 15 is 0 Å². The van der Waals surface area contributed by atoms with Crippen molar-refractivity contribution >= 4 is 17.5 Å². The quantitative estimate of drug-likeness (QED) is 0.735. The molecule has 0 saturated carbocycles. The molecule has 2 amide bonds. The number of anilines is 1. The van der Waals surface area contributed by atoms with E-state index in [9.17, 15) is 9.59 Å². The monoisotopic (exact) mass is 449 g/mol. The number of pyridine rings is 1. The van der Waals surface area contributed by atoms with Gasteiger partial charge >= 0.3 is 0 Å². The van der Waals surface area contributed by atoms with Crippen LogP contribution >= 0.6 is 0 Å². The highest BCUT2D eigenvalue weighted by atomic mass is 16.2. The fourth-order valence-electron chi connectivity index (χ4n) is 4.67. The van der Waals surface area contributed by atoms with Crippen molar-refractivity contribution in [2.75, 3.05) is 44.2 Å². The lowest BCUT2D eigenvalue weighted by atomic mass is 9.95. The molecule has 7 heteroatoms. The Bertz CT molecular complexity index is 915. The number of carbonyl (C=O) groups excluding carboxylic acids is 2. The Labute approximate surface area is 196 Å². The summed E-state index contributed by atoms with van der Waals surface area (Å²) in [6, 6.07) is 12.4. The highest BCUT2D eigenvalue weighted by molar-refractivity contribution is 5.94. The molecule has 7 nitrogen and oxygen atoms in total. The number of benzene rings is 1. The van der Waals surface area contributed by atoms with E-state index in [0.29, 0.717) is 38.5 Å². The maximum atomic E-state index is 13.0. The smallest absolute Gasteiger partial charge is 0.253 e. The Balaban J connectivity index is 1.24. The van der Waals surface area contributed by atoms with Crippen LogP contribution in [0.3, 0.4) is 0 Å². The van der Waals surface area contributed by atoms with Crippen LogP contribution in [-0.2, 0) is 11.3 Å². The van der Waals surface area contributed by atoms with Gasteiger partial charge in [-0.1, -0.05) is 6.07 Å². The Morgan fingerprint density at radius 2 is 1.70 bits per heavy atom. The predicted molar refractivity (Wildman–Crippen MR) is 130 cm³/mol. The number of amides is 2. The third-order valence-corrected chi connectivity index (χ3v) is 6.87. The van der Waals surface area contributed by atoms with Gasteiger partial charge < -0.3 is 15.1 Å². The number of likely N-dealkylation sites (tertiary alicyclic amines) is 1. The molecule has 0 aliphatic carbocycles. The molecule has 2 fully saturated rings. The van der Waals surface area contributed by atoms with Gasteiger partial charge in [0, 0.05) is 81.4 Å². The summed E-state index contributed by atoms with van der Waals surface area (Å²) in [6.07, 6.45) is 4.88. The van der Waals surface area contributed by atoms with Crippen LogP contribution in [0.1, 0.15) is 42.6 Å². The van der Waals surface area contributed by atoms with Crippen LogP contribution in [-0.4, -0.2) is 71.9 Å². The summed E-state index contributed by atoms with van der Waals surface area (Å²) in [5, 5.41) is 3.00. The first kappa shape index (κ1) is 23.2. The lowest BCUT2D eigenvalue weighted by Gasteiger charge is -2.38. The number of carbonyl (C=O) groups is 2. The van der Waals surface area contributed by atoms with Crippen molar-refractivity contribution in [1.82, 2.24) is 20.1 Å². The summed E-state index contributed by atoms with van der Waals surface area (Å²) in [7, 11) is 0. The second-order valence-electron chi connectivity index (χ2n) is 9.31. The van der Waals surface area contributed by atoms with E-state index in [-0.39, 0.29) is 17.7 Å². The first-order chi connectivity index (χ1) is 16.0. The minimum atomic E-state index is -0.0439. The van der Waals surface area contributed by atoms with Crippen molar-refractivity contribution in [2.24, 2.45) is 5.92 Å². The van der Waals surface area contributed by atoms with Crippen molar-refractivity contribution in [3.63, 3.8) is 0 Å². The molecule has 2 aliphatic rings. The van der Waals surface area contributed by atoms with Crippen LogP contribution in [0, 0.1) is 5.92 Å². The number of piperidine rings is 1. The van der Waals surface area contributed by atoms with Crippen molar-refractivity contribution in [1.29, 1.82) is 0 Å². The molecule has 4 rings (SSSR count). The molecule has 2 saturated heterocycles. The number of hydrogen-bond donors (Lipinski definition) is 1. The fraction of sp³-hybridized carbons (Fsp3) is 0.500. The standard InChI is InChI=1S/C26H35N5O2/c1-20(2)29-14-16-30(17-15-29)24-7-5-23(6-8-24)26(33)31-12-9-22(10-13-31)25(32)28-19-21-4-3-11-27-18-21/h3-8,11,18,20,22H,9-10,12-17,19H2,1-2H3,(H,28,32). The van der Waals surface area contributed by atoms with Gasteiger partial charge in [-0.05, 0) is 62.6 Å². The topological polar surface area (TPSA) is 68.8 Å². The van der Waals surface area contributed by atoms with Crippen LogP contribution in [0.4, 0.5) is 5.69 Å². The van der Waals surface area contributed by atoms with E-state index in [1.165, 1.54) is 5.69 Å². The molecule has 0 atom stereocenters. The number of aromatic nitrogens is 1. The Kier molecular flexibility index (Phi) is 7.60. The molecule has 0 spiro atoms. The van der Waals surface area contributed by atoms with Gasteiger partial charge in [0.15, 0.2) is 0 Å². The molecular weight excluding hydrogens is 414 g/mol. The minimum Gasteiger partial charge on any atom is -0.369 e. The van der Waals surface area contributed by atoms with Crippen LogP contribution in [0.25, 0.3) is 0 Å². The molecule has 0 unspecified atom stereocenters. The average molecular weight is 450 g/mol. The lowest BCUT2D eigenvalue weighted by Crippen LogP contribution is -2.48. The summed E-state index contributed by atoms with van der Waals surface area (Å²) >= 11 is 0. The third kappa shape index (κ3) is 5.90. The second kappa shape index (κ2) is 10.8. The van der Waals surface area contributed by atoms with Gasteiger partial charge in [-0.3, -0.25) is 19.5 Å². The van der Waals surface area contributed by atoms with Gasteiger partial charge in [-0.15, -0.1) is 0 Å². The molecule has 1 N–H and O–H groups in total. The van der Waals surface area contributed by atoms with Gasteiger partial charge in [0.2, 0.25) is 5.91 Å². The molecule has 1 aromatic heterocycles. The zero-order valence-corrected chi connectivity index (χ0v) is 19.7. The molecular formula is C26H35N5O2. The Morgan fingerprint density at radius 1 is 1.00 bits per heavy atom. The zero-order chi connectivity index (χ0) is 23.2. The zero-order valence-electron chi connectivity index (χ0n) is 19.7. The van der Waals surface area contributed by atoms with Crippen molar-refractivity contribution < 1.29 is 9.59 Å².